The Morgan fingerprint density at radius 1 is 1.75 bits per heavy atom. The molecule has 0 saturated heterocycles. The molecule has 0 N–H and O–H groups in total. The van der Waals surface area contributed by atoms with Gasteiger partial charge in [0.05, 0.1) is 6.04 Å². The topological polar surface area (TPSA) is 12.4 Å². The lowest BCUT2D eigenvalue weighted by Gasteiger charge is -1.97. The van der Waals surface area contributed by atoms with E-state index in [4.69, 9.17) is 0 Å². The predicted molar refractivity (Wildman–Crippen MR) is 38.4 cm³/mol. The molecular weight excluding hydrogens is 98.1 g/mol. The summed E-state index contributed by atoms with van der Waals surface area (Å²) in [4.78, 5) is 4.12. The van der Waals surface area contributed by atoms with Crippen molar-refractivity contribution in [3.05, 3.63) is 12.7 Å². The highest BCUT2D eigenvalue weighted by atomic mass is 14.7. The van der Waals surface area contributed by atoms with Crippen molar-refractivity contribution in [1.82, 2.24) is 0 Å². The van der Waals surface area contributed by atoms with Gasteiger partial charge in [0.25, 0.3) is 0 Å². The molecule has 8 heavy (non-hydrogen) atoms. The lowest BCUT2D eigenvalue weighted by Crippen LogP contribution is -1.93. The molecule has 1 unspecified atom stereocenters. The van der Waals surface area contributed by atoms with E-state index >= 15 is 0 Å². The quantitative estimate of drug-likeness (QED) is 0.390. The van der Waals surface area contributed by atoms with E-state index in [0.29, 0.717) is 6.04 Å². The number of aliphatic imine (C=N–C) groups is 1. The fourth-order valence-corrected chi connectivity index (χ4v) is 0.557. The van der Waals surface area contributed by atoms with Crippen LogP contribution >= 0.6 is 0 Å². The van der Waals surface area contributed by atoms with Crippen molar-refractivity contribution in [2.24, 2.45) is 4.99 Å². The maximum absolute atomic E-state index is 4.12. The molecule has 1 heteroatoms. The zero-order valence-corrected chi connectivity index (χ0v) is 5.59. The number of hydrogen-bond donors (Lipinski definition) is 0. The Hall–Kier alpha value is -0.590. The molecule has 0 fully saturated rings. The zero-order chi connectivity index (χ0) is 6.41. The van der Waals surface area contributed by atoms with Crippen LogP contribution in [0.15, 0.2) is 17.6 Å². The fraction of sp³-hybridized carbons (Fsp3) is 0.571. The molecule has 0 aliphatic rings. The Kier molecular flexibility index (Phi) is 4.23. The first kappa shape index (κ1) is 7.41. The van der Waals surface area contributed by atoms with Crippen LogP contribution in [0.4, 0.5) is 0 Å². The van der Waals surface area contributed by atoms with E-state index < -0.39 is 0 Å². The van der Waals surface area contributed by atoms with E-state index in [1.165, 1.54) is 0 Å². The van der Waals surface area contributed by atoms with Crippen LogP contribution < -0.4 is 0 Å². The van der Waals surface area contributed by atoms with Crippen molar-refractivity contribution in [3.63, 3.8) is 0 Å². The van der Waals surface area contributed by atoms with Crippen LogP contribution in [0.3, 0.4) is 0 Å². The van der Waals surface area contributed by atoms with Crippen molar-refractivity contribution < 1.29 is 0 Å². The number of nitrogens with zero attached hydrogens (tertiary/aromatic N) is 1. The Morgan fingerprint density at radius 2 is 2.38 bits per heavy atom. The molecule has 0 heterocycles. The summed E-state index contributed by atoms with van der Waals surface area (Å²) in [7, 11) is 0. The fourth-order valence-electron chi connectivity index (χ4n) is 0.557. The summed E-state index contributed by atoms with van der Waals surface area (Å²) >= 11 is 0. The van der Waals surface area contributed by atoms with Crippen molar-refractivity contribution >= 4 is 6.21 Å². The monoisotopic (exact) mass is 111 g/mol. The molecule has 0 amide bonds. The third-order valence-corrected chi connectivity index (χ3v) is 0.911. The van der Waals surface area contributed by atoms with Gasteiger partial charge in [-0.15, -0.1) is 6.58 Å². The number of rotatable bonds is 3. The third-order valence-electron chi connectivity index (χ3n) is 0.911. The molecule has 0 aliphatic heterocycles. The van der Waals surface area contributed by atoms with Gasteiger partial charge in [-0.1, -0.05) is 6.08 Å². The maximum Gasteiger partial charge on any atom is 0.0501 e. The van der Waals surface area contributed by atoms with Crippen molar-refractivity contribution in [2.45, 2.75) is 26.3 Å². The minimum Gasteiger partial charge on any atom is -0.294 e. The van der Waals surface area contributed by atoms with Crippen LogP contribution in [0, 0.1) is 0 Å². The highest BCUT2D eigenvalue weighted by Crippen LogP contribution is 1.94. The molecule has 0 bridgehead atoms. The smallest absolute Gasteiger partial charge is 0.0501 e. The average molecular weight is 111 g/mol. The summed E-state index contributed by atoms with van der Waals surface area (Å²) in [6, 6.07) is 0.414. The van der Waals surface area contributed by atoms with Crippen molar-refractivity contribution in [3.8, 4) is 0 Å². The van der Waals surface area contributed by atoms with E-state index in [0.717, 1.165) is 6.42 Å². The molecule has 1 nitrogen and oxygen atoms in total. The first-order chi connectivity index (χ1) is 3.81. The van der Waals surface area contributed by atoms with E-state index in [1.54, 1.807) is 0 Å². The summed E-state index contributed by atoms with van der Waals surface area (Å²) in [6.07, 6.45) is 4.69. The van der Waals surface area contributed by atoms with E-state index in [9.17, 15) is 0 Å². The molecular formula is C7H13N. The van der Waals surface area contributed by atoms with Crippen LogP contribution in [-0.2, 0) is 0 Å². The number of hydrogen-bond acceptors (Lipinski definition) is 1. The molecule has 0 aromatic heterocycles. The molecule has 0 saturated carbocycles. The van der Waals surface area contributed by atoms with Gasteiger partial charge in [0.1, 0.15) is 0 Å². The summed E-state index contributed by atoms with van der Waals surface area (Å²) in [6.45, 7) is 7.61. The minimum absolute atomic E-state index is 0.414. The Bertz CT molecular complexity index is 84.4. The summed E-state index contributed by atoms with van der Waals surface area (Å²) in [5.74, 6) is 0. The summed E-state index contributed by atoms with van der Waals surface area (Å²) in [5, 5.41) is 0. The van der Waals surface area contributed by atoms with Crippen LogP contribution in [0.5, 0.6) is 0 Å². The van der Waals surface area contributed by atoms with Gasteiger partial charge in [-0.05, 0) is 26.5 Å². The predicted octanol–water partition coefficient (Wildman–Crippen LogP) is 2.04. The second kappa shape index (κ2) is 4.57. The first-order valence-electron chi connectivity index (χ1n) is 2.90. The highest BCUT2D eigenvalue weighted by Gasteiger charge is 1.89. The second-order valence-corrected chi connectivity index (χ2v) is 1.78. The largest absolute Gasteiger partial charge is 0.294 e. The summed E-state index contributed by atoms with van der Waals surface area (Å²) in [5.41, 5.74) is 0. The normalized spacial score (nSPS) is 14.2. The molecule has 0 spiro atoms. The van der Waals surface area contributed by atoms with Gasteiger partial charge in [0, 0.05) is 0 Å². The van der Waals surface area contributed by atoms with E-state index in [1.807, 2.05) is 19.2 Å². The van der Waals surface area contributed by atoms with Gasteiger partial charge < -0.3 is 0 Å². The van der Waals surface area contributed by atoms with E-state index in [-0.39, 0.29) is 0 Å². The van der Waals surface area contributed by atoms with Crippen molar-refractivity contribution in [2.75, 3.05) is 0 Å². The third kappa shape index (κ3) is 3.59. The SMILES string of the molecule is C=CCC(C)/N=C\C. The van der Waals surface area contributed by atoms with Gasteiger partial charge >= 0.3 is 0 Å². The highest BCUT2D eigenvalue weighted by molar-refractivity contribution is 5.53. The average Bonchev–Trinajstić information content (AvgIpc) is 1.68. The van der Waals surface area contributed by atoms with Gasteiger partial charge in [-0.25, -0.2) is 0 Å². The van der Waals surface area contributed by atoms with Crippen LogP contribution in [0.25, 0.3) is 0 Å². The minimum atomic E-state index is 0.414. The maximum atomic E-state index is 4.12. The lowest BCUT2D eigenvalue weighted by molar-refractivity contribution is 0.764. The zero-order valence-electron chi connectivity index (χ0n) is 5.59. The van der Waals surface area contributed by atoms with Gasteiger partial charge in [0.2, 0.25) is 0 Å². The Labute approximate surface area is 51.1 Å². The molecule has 0 rings (SSSR count). The van der Waals surface area contributed by atoms with E-state index in [2.05, 4.69) is 18.5 Å². The molecule has 1 atom stereocenters. The molecule has 0 aromatic rings. The van der Waals surface area contributed by atoms with Crippen molar-refractivity contribution in [1.29, 1.82) is 0 Å². The van der Waals surface area contributed by atoms with Crippen LogP contribution in [-0.4, -0.2) is 12.3 Å². The summed E-state index contributed by atoms with van der Waals surface area (Å²) < 4.78 is 0. The van der Waals surface area contributed by atoms with Gasteiger partial charge in [-0.3, -0.25) is 4.99 Å². The van der Waals surface area contributed by atoms with Crippen LogP contribution in [0.2, 0.25) is 0 Å². The molecule has 0 aromatic carbocycles. The van der Waals surface area contributed by atoms with Crippen LogP contribution in [0.1, 0.15) is 20.3 Å². The van der Waals surface area contributed by atoms with Gasteiger partial charge in [0.15, 0.2) is 0 Å². The van der Waals surface area contributed by atoms with Gasteiger partial charge in [-0.2, -0.15) is 0 Å². The molecule has 0 aliphatic carbocycles. The Balaban J connectivity index is 3.31. The standard InChI is InChI=1S/C7H13N/c1-4-6-7(3)8-5-2/h4-5,7H,1,6H2,2-3H3/b8-5-. The lowest BCUT2D eigenvalue weighted by atomic mass is 10.2. The molecule has 46 valence electrons. The Morgan fingerprint density at radius 3 is 2.75 bits per heavy atom. The second-order valence-electron chi connectivity index (χ2n) is 1.78. The molecule has 0 radical (unpaired) electrons. The first-order valence-corrected chi connectivity index (χ1v) is 2.90.